The molecule has 5 rings (SSSR count). The zero-order valence-electron chi connectivity index (χ0n) is 19.6. The van der Waals surface area contributed by atoms with Crippen LogP contribution in [0.1, 0.15) is 43.2 Å². The van der Waals surface area contributed by atoms with Crippen molar-refractivity contribution in [2.75, 3.05) is 7.11 Å². The Labute approximate surface area is 202 Å². The molecular weight excluding hydrogens is 446 g/mol. The summed E-state index contributed by atoms with van der Waals surface area (Å²) in [7, 11) is 1.58. The monoisotopic (exact) mass is 471 g/mol. The standard InChI is InChI=1S/C28H25NO6/c1-16-24(28(32)35-14-17-10-12-18(33-2)13-11-17)25(26-21(29-16)7-5-8-22(26)30)20-15-34-23-9-4-3-6-19(23)27(20)31/h3-4,6,9-13,15,25,29H,5,7-8,14H2,1-2H3. The zero-order valence-corrected chi connectivity index (χ0v) is 19.6. The third-order valence-electron chi connectivity index (χ3n) is 6.54. The van der Waals surface area contributed by atoms with Crippen molar-refractivity contribution in [3.63, 3.8) is 0 Å². The van der Waals surface area contributed by atoms with E-state index in [-0.39, 0.29) is 29.0 Å². The fraction of sp³-hybridized carbons (Fsp3) is 0.250. The first-order valence-electron chi connectivity index (χ1n) is 11.5. The van der Waals surface area contributed by atoms with E-state index in [2.05, 4.69) is 5.32 Å². The Balaban J connectivity index is 1.56. The lowest BCUT2D eigenvalue weighted by Crippen LogP contribution is -2.36. The first kappa shape index (κ1) is 22.7. The third kappa shape index (κ3) is 4.14. The van der Waals surface area contributed by atoms with E-state index in [0.29, 0.717) is 47.3 Å². The summed E-state index contributed by atoms with van der Waals surface area (Å²) in [6.07, 6.45) is 3.12. The quantitative estimate of drug-likeness (QED) is 0.547. The lowest BCUT2D eigenvalue weighted by atomic mass is 9.75. The number of nitrogens with one attached hydrogen (secondary N) is 1. The molecule has 2 aliphatic rings. The number of para-hydroxylation sites is 1. The molecule has 35 heavy (non-hydrogen) atoms. The van der Waals surface area contributed by atoms with Crippen molar-refractivity contribution in [3.8, 4) is 5.75 Å². The number of Topliss-reactive ketones (excluding diaryl/α,β-unsaturated/α-hetero) is 1. The SMILES string of the molecule is COc1ccc(COC(=O)C2=C(C)NC3=C(C(=O)CCC3)C2c2coc3ccccc3c2=O)cc1. The van der Waals surface area contributed by atoms with Gasteiger partial charge in [-0.3, -0.25) is 9.59 Å². The molecule has 178 valence electrons. The van der Waals surface area contributed by atoms with Crippen LogP contribution in [0, 0.1) is 0 Å². The van der Waals surface area contributed by atoms with Crippen molar-refractivity contribution in [2.45, 2.75) is 38.7 Å². The molecule has 7 heteroatoms. The van der Waals surface area contributed by atoms with Crippen LogP contribution in [0.15, 0.2) is 86.5 Å². The van der Waals surface area contributed by atoms with Crippen LogP contribution in [0.2, 0.25) is 0 Å². The van der Waals surface area contributed by atoms with Crippen molar-refractivity contribution in [1.82, 2.24) is 5.32 Å². The van der Waals surface area contributed by atoms with Crippen LogP contribution < -0.4 is 15.5 Å². The van der Waals surface area contributed by atoms with Crippen LogP contribution in [-0.2, 0) is 20.9 Å². The largest absolute Gasteiger partial charge is 0.497 e. The number of carbonyl (C=O) groups excluding carboxylic acids is 2. The van der Waals surface area contributed by atoms with Gasteiger partial charge in [0.25, 0.3) is 0 Å². The van der Waals surface area contributed by atoms with Gasteiger partial charge in [0.15, 0.2) is 11.2 Å². The van der Waals surface area contributed by atoms with Crippen molar-refractivity contribution in [2.24, 2.45) is 0 Å². The van der Waals surface area contributed by atoms with Gasteiger partial charge in [0.2, 0.25) is 0 Å². The van der Waals surface area contributed by atoms with Crippen LogP contribution in [0.25, 0.3) is 11.0 Å². The lowest BCUT2D eigenvalue weighted by molar-refractivity contribution is -0.140. The number of ether oxygens (including phenoxy) is 2. The second-order valence-corrected chi connectivity index (χ2v) is 8.71. The topological polar surface area (TPSA) is 94.8 Å². The molecule has 1 aliphatic heterocycles. The predicted octanol–water partition coefficient (Wildman–Crippen LogP) is 4.51. The van der Waals surface area contributed by atoms with Crippen LogP contribution in [0.3, 0.4) is 0 Å². The molecular formula is C28H25NO6. The van der Waals surface area contributed by atoms with Crippen molar-refractivity contribution in [3.05, 3.63) is 98.7 Å². The second-order valence-electron chi connectivity index (χ2n) is 8.71. The highest BCUT2D eigenvalue weighted by atomic mass is 16.5. The summed E-state index contributed by atoms with van der Waals surface area (Å²) >= 11 is 0. The molecule has 7 nitrogen and oxygen atoms in total. The highest BCUT2D eigenvalue weighted by Crippen LogP contribution is 2.42. The van der Waals surface area contributed by atoms with E-state index in [1.165, 1.54) is 6.26 Å². The molecule has 0 fully saturated rings. The average Bonchev–Trinajstić information content (AvgIpc) is 2.87. The molecule has 1 aromatic heterocycles. The third-order valence-corrected chi connectivity index (χ3v) is 6.54. The molecule has 0 saturated carbocycles. The molecule has 0 saturated heterocycles. The van der Waals surface area contributed by atoms with Gasteiger partial charge in [0.05, 0.1) is 30.3 Å². The number of methoxy groups -OCH3 is 1. The van der Waals surface area contributed by atoms with E-state index in [1.54, 1.807) is 50.4 Å². The van der Waals surface area contributed by atoms with E-state index < -0.39 is 11.9 Å². The summed E-state index contributed by atoms with van der Waals surface area (Å²) in [6.45, 7) is 1.81. The number of dihydropyridines is 1. The minimum absolute atomic E-state index is 0.0402. The summed E-state index contributed by atoms with van der Waals surface area (Å²) in [6, 6.07) is 14.1. The lowest BCUT2D eigenvalue weighted by Gasteiger charge is -2.33. The minimum Gasteiger partial charge on any atom is -0.497 e. The van der Waals surface area contributed by atoms with Crippen LogP contribution in [0.5, 0.6) is 5.75 Å². The summed E-state index contributed by atoms with van der Waals surface area (Å²) in [5.41, 5.74) is 3.23. The van der Waals surface area contributed by atoms with Gasteiger partial charge in [-0.1, -0.05) is 24.3 Å². The van der Waals surface area contributed by atoms with Gasteiger partial charge in [0, 0.05) is 29.0 Å². The molecule has 1 aliphatic carbocycles. The molecule has 1 N–H and O–H groups in total. The molecule has 2 aromatic carbocycles. The first-order chi connectivity index (χ1) is 17.0. The second kappa shape index (κ2) is 9.25. The number of benzene rings is 2. The van der Waals surface area contributed by atoms with Gasteiger partial charge in [-0.25, -0.2) is 4.79 Å². The van der Waals surface area contributed by atoms with Gasteiger partial charge in [0.1, 0.15) is 17.9 Å². The van der Waals surface area contributed by atoms with E-state index in [1.807, 2.05) is 12.1 Å². The molecule has 2 heterocycles. The number of fused-ring (bicyclic) bond motifs is 1. The maximum atomic E-state index is 13.5. The number of allylic oxidation sites excluding steroid dienone is 3. The molecule has 0 amide bonds. The number of hydrogen-bond acceptors (Lipinski definition) is 7. The highest BCUT2D eigenvalue weighted by Gasteiger charge is 2.40. The molecule has 1 atom stereocenters. The number of ketones is 1. The Morgan fingerprint density at radius 1 is 1.09 bits per heavy atom. The van der Waals surface area contributed by atoms with Crippen molar-refractivity contribution in [1.29, 1.82) is 0 Å². The zero-order chi connectivity index (χ0) is 24.5. The Bertz CT molecular complexity index is 1440. The van der Waals surface area contributed by atoms with Crippen LogP contribution >= 0.6 is 0 Å². The number of esters is 1. The fourth-order valence-corrected chi connectivity index (χ4v) is 4.81. The summed E-state index contributed by atoms with van der Waals surface area (Å²) < 4.78 is 16.6. The van der Waals surface area contributed by atoms with Gasteiger partial charge < -0.3 is 19.2 Å². The average molecular weight is 472 g/mol. The Hall–Kier alpha value is -4.13. The van der Waals surface area contributed by atoms with Gasteiger partial charge in [-0.05, 0) is 49.6 Å². The normalized spacial score (nSPS) is 17.8. The fourth-order valence-electron chi connectivity index (χ4n) is 4.81. The number of rotatable bonds is 5. The van der Waals surface area contributed by atoms with E-state index in [0.717, 1.165) is 11.3 Å². The summed E-state index contributed by atoms with van der Waals surface area (Å²) in [5, 5.41) is 3.64. The number of hydrogen-bond donors (Lipinski definition) is 1. The van der Waals surface area contributed by atoms with Crippen molar-refractivity contribution >= 4 is 22.7 Å². The van der Waals surface area contributed by atoms with E-state index >= 15 is 0 Å². The van der Waals surface area contributed by atoms with Crippen molar-refractivity contribution < 1.29 is 23.5 Å². The maximum Gasteiger partial charge on any atom is 0.337 e. The first-order valence-corrected chi connectivity index (χ1v) is 11.5. The van der Waals surface area contributed by atoms with E-state index in [9.17, 15) is 14.4 Å². The molecule has 1 unspecified atom stereocenters. The van der Waals surface area contributed by atoms with Crippen LogP contribution in [-0.4, -0.2) is 18.9 Å². The number of carbonyl (C=O) groups is 2. The molecule has 0 bridgehead atoms. The molecule has 3 aromatic rings. The molecule has 0 radical (unpaired) electrons. The summed E-state index contributed by atoms with van der Waals surface area (Å²) in [5.74, 6) is -0.825. The van der Waals surface area contributed by atoms with Gasteiger partial charge >= 0.3 is 5.97 Å². The maximum absolute atomic E-state index is 13.5. The molecule has 0 spiro atoms. The Kier molecular flexibility index (Phi) is 5.99. The Morgan fingerprint density at radius 3 is 2.63 bits per heavy atom. The van der Waals surface area contributed by atoms with Crippen LogP contribution in [0.4, 0.5) is 0 Å². The van der Waals surface area contributed by atoms with Gasteiger partial charge in [-0.15, -0.1) is 0 Å². The highest BCUT2D eigenvalue weighted by molar-refractivity contribution is 6.04. The minimum atomic E-state index is -0.858. The van der Waals surface area contributed by atoms with E-state index in [4.69, 9.17) is 13.9 Å². The Morgan fingerprint density at radius 2 is 1.86 bits per heavy atom. The smallest absolute Gasteiger partial charge is 0.337 e. The summed E-state index contributed by atoms with van der Waals surface area (Å²) in [4.78, 5) is 40.0. The predicted molar refractivity (Wildman–Crippen MR) is 130 cm³/mol. The van der Waals surface area contributed by atoms with Gasteiger partial charge in [-0.2, -0.15) is 0 Å².